The molecular weight excluding hydrogens is 462 g/mol. The number of hydrogen-bond donors (Lipinski definition) is 0. The van der Waals surface area contributed by atoms with Crippen molar-refractivity contribution in [3.05, 3.63) is 78.1 Å². The maximum Gasteiger partial charge on any atom is 0.257 e. The van der Waals surface area contributed by atoms with Gasteiger partial charge in [-0.3, -0.25) is 9.78 Å². The summed E-state index contributed by atoms with van der Waals surface area (Å²) in [5.74, 6) is 1.70. The number of piperazine rings is 1. The number of carbonyl (C=O) groups excluding carboxylic acids is 1. The van der Waals surface area contributed by atoms with E-state index in [1.165, 1.54) is 6.26 Å². The number of nitrogens with zero attached hydrogens (tertiary/aromatic N) is 5. The van der Waals surface area contributed by atoms with Crippen molar-refractivity contribution in [2.24, 2.45) is 5.92 Å². The molecule has 1 amide bonds. The third kappa shape index (κ3) is 3.93. The second kappa shape index (κ2) is 8.74. The summed E-state index contributed by atoms with van der Waals surface area (Å²) in [6, 6.07) is 14.6. The van der Waals surface area contributed by atoms with Gasteiger partial charge in [-0.1, -0.05) is 18.2 Å². The molecule has 4 aromatic rings. The molecular formula is C30H27N5O2. The van der Waals surface area contributed by atoms with Crippen molar-refractivity contribution in [3.63, 3.8) is 0 Å². The molecule has 1 saturated heterocycles. The van der Waals surface area contributed by atoms with Crippen LogP contribution in [0.25, 0.3) is 21.9 Å². The number of fused-ring (bicyclic) bond motifs is 1. The summed E-state index contributed by atoms with van der Waals surface area (Å²) >= 11 is 0. The van der Waals surface area contributed by atoms with Crippen LogP contribution in [0.5, 0.6) is 0 Å². The molecule has 37 heavy (non-hydrogen) atoms. The largest absolute Gasteiger partial charge is 0.472 e. The van der Waals surface area contributed by atoms with Gasteiger partial charge < -0.3 is 14.2 Å². The number of rotatable bonds is 5. The molecule has 1 atom stereocenters. The average molecular weight is 490 g/mol. The number of anilines is 1. The van der Waals surface area contributed by atoms with Crippen LogP contribution in [0, 0.1) is 17.2 Å². The Morgan fingerprint density at radius 2 is 1.97 bits per heavy atom. The molecule has 0 radical (unpaired) electrons. The predicted octanol–water partition coefficient (Wildman–Crippen LogP) is 5.38. The van der Waals surface area contributed by atoms with Crippen LogP contribution < -0.4 is 4.90 Å². The molecule has 1 aromatic carbocycles. The lowest BCUT2D eigenvalue weighted by atomic mass is 9.95. The van der Waals surface area contributed by atoms with E-state index < -0.39 is 0 Å². The van der Waals surface area contributed by atoms with Crippen LogP contribution in [0.15, 0.2) is 65.7 Å². The van der Waals surface area contributed by atoms with E-state index in [0.29, 0.717) is 42.6 Å². The Morgan fingerprint density at radius 3 is 2.73 bits per heavy atom. The number of benzene rings is 1. The van der Waals surface area contributed by atoms with Crippen molar-refractivity contribution >= 4 is 22.5 Å². The second-order valence-corrected chi connectivity index (χ2v) is 10.4. The van der Waals surface area contributed by atoms with E-state index in [2.05, 4.69) is 28.1 Å². The third-order valence-corrected chi connectivity index (χ3v) is 8.00. The minimum absolute atomic E-state index is 0.0261. The van der Waals surface area contributed by atoms with Crippen molar-refractivity contribution < 1.29 is 9.21 Å². The van der Waals surface area contributed by atoms with Crippen molar-refractivity contribution in [2.45, 2.75) is 37.6 Å². The molecule has 4 heterocycles. The number of carbonyl (C=O) groups is 1. The highest BCUT2D eigenvalue weighted by Crippen LogP contribution is 2.46. The molecule has 184 valence electrons. The lowest BCUT2D eigenvalue weighted by molar-refractivity contribution is 0.0630. The van der Waals surface area contributed by atoms with Gasteiger partial charge in [-0.25, -0.2) is 4.98 Å². The Bertz CT molecular complexity index is 1530. The van der Waals surface area contributed by atoms with Crippen molar-refractivity contribution in [1.82, 2.24) is 14.9 Å². The lowest BCUT2D eigenvalue weighted by Crippen LogP contribution is -2.56. The van der Waals surface area contributed by atoms with E-state index in [-0.39, 0.29) is 11.9 Å². The first-order chi connectivity index (χ1) is 18.2. The fraction of sp³-hybridized carbons (Fsp3) is 0.333. The lowest BCUT2D eigenvalue weighted by Gasteiger charge is -2.42. The van der Waals surface area contributed by atoms with Gasteiger partial charge in [0.05, 0.1) is 29.1 Å². The van der Waals surface area contributed by atoms with E-state index >= 15 is 0 Å². The zero-order valence-electron chi connectivity index (χ0n) is 20.5. The number of pyridine rings is 2. The van der Waals surface area contributed by atoms with Gasteiger partial charge in [-0.15, -0.1) is 0 Å². The predicted molar refractivity (Wildman–Crippen MR) is 140 cm³/mol. The Labute approximate surface area is 215 Å². The third-order valence-electron chi connectivity index (χ3n) is 8.00. The molecule has 3 fully saturated rings. The number of amides is 1. The van der Waals surface area contributed by atoms with E-state index in [0.717, 1.165) is 59.1 Å². The molecule has 0 N–H and O–H groups in total. The van der Waals surface area contributed by atoms with E-state index in [9.17, 15) is 10.1 Å². The highest BCUT2D eigenvalue weighted by Gasteiger charge is 2.42. The van der Waals surface area contributed by atoms with Gasteiger partial charge in [0.15, 0.2) is 0 Å². The van der Waals surface area contributed by atoms with E-state index in [1.807, 2.05) is 35.5 Å². The van der Waals surface area contributed by atoms with Crippen LogP contribution in [0.4, 0.5) is 5.82 Å². The molecule has 7 heteroatoms. The van der Waals surface area contributed by atoms with Crippen molar-refractivity contribution in [1.29, 1.82) is 5.26 Å². The van der Waals surface area contributed by atoms with Gasteiger partial charge in [-0.05, 0) is 60.7 Å². The molecule has 1 aliphatic heterocycles. The molecule has 3 aromatic heterocycles. The fourth-order valence-corrected chi connectivity index (χ4v) is 5.77. The minimum Gasteiger partial charge on any atom is -0.472 e. The Kier molecular flexibility index (Phi) is 5.21. The van der Waals surface area contributed by atoms with Gasteiger partial charge in [0.2, 0.25) is 0 Å². The van der Waals surface area contributed by atoms with Gasteiger partial charge in [-0.2, -0.15) is 5.26 Å². The second-order valence-electron chi connectivity index (χ2n) is 10.4. The highest BCUT2D eigenvalue weighted by molar-refractivity contribution is 5.97. The van der Waals surface area contributed by atoms with Crippen molar-refractivity contribution in [2.75, 3.05) is 24.5 Å². The van der Waals surface area contributed by atoms with Gasteiger partial charge in [0, 0.05) is 48.9 Å². The maximum atomic E-state index is 13.2. The number of aromatic nitrogens is 2. The summed E-state index contributed by atoms with van der Waals surface area (Å²) in [5, 5.41) is 12.4. The summed E-state index contributed by atoms with van der Waals surface area (Å²) < 4.78 is 5.17. The molecule has 0 bridgehead atoms. The van der Waals surface area contributed by atoms with Crippen LogP contribution in [0.3, 0.4) is 0 Å². The maximum absolute atomic E-state index is 13.2. The number of hydrogen-bond acceptors (Lipinski definition) is 6. The highest BCUT2D eigenvalue weighted by atomic mass is 16.3. The summed E-state index contributed by atoms with van der Waals surface area (Å²) in [6.07, 6.45) is 11.3. The first-order valence-electron chi connectivity index (χ1n) is 13.1. The van der Waals surface area contributed by atoms with Crippen LogP contribution in [-0.2, 0) is 0 Å². The standard InChI is InChI=1S/C30H27N5O2/c31-15-23-14-26(25-3-1-2-21-16-32-10-8-24(21)25)28(20-6-7-20)33-29(23)34-11-12-35(27(17-34)19-4-5-19)30(36)22-9-13-37-18-22/h1-3,8-10,13-14,16,18-20,27H,4-7,11-12,17H2/t27-/m0/s1. The van der Waals surface area contributed by atoms with Crippen LogP contribution >= 0.6 is 0 Å². The Morgan fingerprint density at radius 1 is 1.08 bits per heavy atom. The molecule has 2 saturated carbocycles. The Balaban J connectivity index is 1.27. The minimum atomic E-state index is 0.0261. The zero-order valence-corrected chi connectivity index (χ0v) is 20.5. The smallest absolute Gasteiger partial charge is 0.257 e. The molecule has 7 nitrogen and oxygen atoms in total. The quantitative estimate of drug-likeness (QED) is 0.374. The number of furan rings is 1. The fourth-order valence-electron chi connectivity index (χ4n) is 5.77. The number of nitriles is 1. The molecule has 0 spiro atoms. The average Bonchev–Trinajstić information content (AvgIpc) is 3.89. The molecule has 0 unspecified atom stereocenters. The molecule has 2 aliphatic carbocycles. The summed E-state index contributed by atoms with van der Waals surface area (Å²) in [7, 11) is 0. The summed E-state index contributed by atoms with van der Waals surface area (Å²) in [6.45, 7) is 1.95. The summed E-state index contributed by atoms with van der Waals surface area (Å²) in [5.41, 5.74) is 4.42. The van der Waals surface area contributed by atoms with E-state index in [1.54, 1.807) is 12.3 Å². The van der Waals surface area contributed by atoms with Gasteiger partial charge >= 0.3 is 0 Å². The van der Waals surface area contributed by atoms with Crippen LogP contribution in [0.2, 0.25) is 0 Å². The van der Waals surface area contributed by atoms with Crippen molar-refractivity contribution in [3.8, 4) is 17.2 Å². The SMILES string of the molecule is N#Cc1cc(-c2cccc3cnccc23)c(C2CC2)nc1N1CCN(C(=O)c2ccoc2)[C@H](C2CC2)C1. The van der Waals surface area contributed by atoms with Gasteiger partial charge in [0.1, 0.15) is 18.2 Å². The van der Waals surface area contributed by atoms with Gasteiger partial charge in [0.25, 0.3) is 5.91 Å². The monoisotopic (exact) mass is 489 g/mol. The Hall–Kier alpha value is -4.18. The molecule has 7 rings (SSSR count). The summed E-state index contributed by atoms with van der Waals surface area (Å²) in [4.78, 5) is 26.9. The van der Waals surface area contributed by atoms with E-state index in [4.69, 9.17) is 9.40 Å². The topological polar surface area (TPSA) is 86.3 Å². The normalized spacial score (nSPS) is 19.7. The molecule has 3 aliphatic rings. The van der Waals surface area contributed by atoms with Crippen LogP contribution in [-0.4, -0.2) is 46.5 Å². The first kappa shape index (κ1) is 22.1. The zero-order chi connectivity index (χ0) is 24.9. The first-order valence-corrected chi connectivity index (χ1v) is 13.1. The van der Waals surface area contributed by atoms with Crippen LogP contribution in [0.1, 0.15) is 53.2 Å².